The van der Waals surface area contributed by atoms with Crippen LogP contribution in [0.15, 0.2) is 54.7 Å². The summed E-state index contributed by atoms with van der Waals surface area (Å²) in [5.74, 6) is 0.561. The van der Waals surface area contributed by atoms with Gasteiger partial charge in [-0.25, -0.2) is 4.68 Å². The van der Waals surface area contributed by atoms with Gasteiger partial charge in [0.15, 0.2) is 6.29 Å². The normalized spacial score (nSPS) is 18.5. The molecule has 1 unspecified atom stereocenters. The van der Waals surface area contributed by atoms with Gasteiger partial charge >= 0.3 is 0 Å². The molecular formula is C25H29N3O3. The number of aliphatic hydroxyl groups is 1. The Labute approximate surface area is 183 Å². The second-order valence-corrected chi connectivity index (χ2v) is 8.34. The number of aromatic nitrogens is 2. The Morgan fingerprint density at radius 3 is 2.61 bits per heavy atom. The van der Waals surface area contributed by atoms with Gasteiger partial charge in [0.2, 0.25) is 0 Å². The number of aldehydes is 1. The molecular weight excluding hydrogens is 390 g/mol. The lowest BCUT2D eigenvalue weighted by molar-refractivity contribution is 0.0596. The third-order valence-electron chi connectivity index (χ3n) is 5.79. The van der Waals surface area contributed by atoms with Crippen molar-refractivity contribution in [2.45, 2.75) is 51.5 Å². The van der Waals surface area contributed by atoms with Gasteiger partial charge in [0.25, 0.3) is 0 Å². The summed E-state index contributed by atoms with van der Waals surface area (Å²) in [5, 5.41) is 14.5. The maximum absolute atomic E-state index is 11.8. The molecule has 0 saturated heterocycles. The molecule has 0 aliphatic heterocycles. The molecule has 162 valence electrons. The van der Waals surface area contributed by atoms with Crippen molar-refractivity contribution >= 4 is 6.29 Å². The molecule has 0 amide bonds. The maximum Gasteiger partial charge on any atom is 0.154 e. The van der Waals surface area contributed by atoms with Gasteiger partial charge in [-0.3, -0.25) is 9.69 Å². The number of hydrogen-bond acceptors (Lipinski definition) is 5. The van der Waals surface area contributed by atoms with E-state index in [4.69, 9.17) is 4.74 Å². The van der Waals surface area contributed by atoms with Crippen LogP contribution in [0, 0.1) is 6.92 Å². The van der Waals surface area contributed by atoms with Gasteiger partial charge in [0.05, 0.1) is 23.0 Å². The Morgan fingerprint density at radius 2 is 1.97 bits per heavy atom. The molecule has 0 spiro atoms. The fraction of sp³-hybridized carbons (Fsp3) is 0.360. The lowest BCUT2D eigenvalue weighted by atomic mass is 10.1. The molecule has 1 saturated carbocycles. The van der Waals surface area contributed by atoms with Crippen molar-refractivity contribution in [2.24, 2.45) is 0 Å². The molecule has 1 aliphatic rings. The van der Waals surface area contributed by atoms with Gasteiger partial charge in [-0.2, -0.15) is 5.10 Å². The van der Waals surface area contributed by atoms with E-state index in [0.717, 1.165) is 49.0 Å². The van der Waals surface area contributed by atoms with Gasteiger partial charge in [0.1, 0.15) is 11.9 Å². The summed E-state index contributed by atoms with van der Waals surface area (Å²) in [6.45, 7) is 3.35. The van der Waals surface area contributed by atoms with Gasteiger partial charge in [-0.15, -0.1) is 0 Å². The lowest BCUT2D eigenvalue weighted by Crippen LogP contribution is -2.26. The maximum atomic E-state index is 11.8. The molecule has 6 nitrogen and oxygen atoms in total. The van der Waals surface area contributed by atoms with Crippen LogP contribution in [0.3, 0.4) is 0 Å². The van der Waals surface area contributed by atoms with Gasteiger partial charge in [-0.05, 0) is 68.6 Å². The van der Waals surface area contributed by atoms with E-state index in [-0.39, 0.29) is 6.10 Å². The summed E-state index contributed by atoms with van der Waals surface area (Å²) in [4.78, 5) is 14.0. The Balaban J connectivity index is 1.42. The molecule has 31 heavy (non-hydrogen) atoms. The molecule has 1 aromatic heterocycles. The molecule has 0 radical (unpaired) electrons. The number of ether oxygens (including phenoxy) is 1. The molecule has 6 heteroatoms. The van der Waals surface area contributed by atoms with E-state index in [1.165, 1.54) is 5.56 Å². The van der Waals surface area contributed by atoms with Crippen LogP contribution in [0.1, 0.15) is 46.4 Å². The summed E-state index contributed by atoms with van der Waals surface area (Å²) in [7, 11) is 2.04. The molecule has 4 rings (SSSR count). The van der Waals surface area contributed by atoms with Crippen molar-refractivity contribution in [2.75, 3.05) is 7.05 Å². The fourth-order valence-electron chi connectivity index (χ4n) is 4.14. The van der Waals surface area contributed by atoms with E-state index >= 15 is 0 Å². The molecule has 0 bridgehead atoms. The SMILES string of the molecule is Cc1ccn(-c2ccc(CN(C)Cc3cccc(OC4CCC[C@@H]4O)c3C=O)cc2)n1. The first kappa shape index (κ1) is 21.3. The summed E-state index contributed by atoms with van der Waals surface area (Å²) >= 11 is 0. The minimum atomic E-state index is -0.459. The number of hydrogen-bond donors (Lipinski definition) is 1. The van der Waals surface area contributed by atoms with E-state index in [1.807, 2.05) is 49.1 Å². The molecule has 1 heterocycles. The van der Waals surface area contributed by atoms with Gasteiger partial charge < -0.3 is 9.84 Å². The smallest absolute Gasteiger partial charge is 0.154 e. The molecule has 1 N–H and O–H groups in total. The number of aliphatic hydroxyl groups excluding tert-OH is 1. The average molecular weight is 420 g/mol. The summed E-state index contributed by atoms with van der Waals surface area (Å²) in [5.41, 5.74) is 4.69. The van der Waals surface area contributed by atoms with Gasteiger partial charge in [-0.1, -0.05) is 24.3 Å². The van der Waals surface area contributed by atoms with Gasteiger partial charge in [0, 0.05) is 19.3 Å². The van der Waals surface area contributed by atoms with Crippen LogP contribution in [0.5, 0.6) is 5.75 Å². The number of benzene rings is 2. The standard InChI is InChI=1S/C25H29N3O3/c1-18-13-14-28(26-18)21-11-9-19(10-12-21)15-27(2)16-20-5-3-7-24(22(20)17-29)31-25-8-4-6-23(25)30/h3,5,7,9-14,17,23,25,30H,4,6,8,15-16H2,1-2H3/t23-,25?/m0/s1. The van der Waals surface area contributed by atoms with Crippen molar-refractivity contribution < 1.29 is 14.6 Å². The number of carbonyl (C=O) groups is 1. The molecule has 3 aromatic rings. The van der Waals surface area contributed by atoms with Crippen molar-refractivity contribution in [1.29, 1.82) is 0 Å². The highest BCUT2D eigenvalue weighted by molar-refractivity contribution is 5.81. The Bertz CT molecular complexity index is 1030. The minimum absolute atomic E-state index is 0.233. The van der Waals surface area contributed by atoms with Crippen molar-refractivity contribution in [3.8, 4) is 11.4 Å². The topological polar surface area (TPSA) is 67.6 Å². The highest BCUT2D eigenvalue weighted by atomic mass is 16.5. The van der Waals surface area contributed by atoms with E-state index in [2.05, 4.69) is 34.3 Å². The zero-order valence-corrected chi connectivity index (χ0v) is 18.1. The third kappa shape index (κ3) is 5.03. The Morgan fingerprint density at radius 1 is 1.16 bits per heavy atom. The van der Waals surface area contributed by atoms with Crippen LogP contribution >= 0.6 is 0 Å². The first-order chi connectivity index (χ1) is 15.0. The van der Waals surface area contributed by atoms with Crippen molar-refractivity contribution in [3.63, 3.8) is 0 Å². The number of rotatable bonds is 8. The first-order valence-electron chi connectivity index (χ1n) is 10.8. The van der Waals surface area contributed by atoms with E-state index < -0.39 is 6.10 Å². The second-order valence-electron chi connectivity index (χ2n) is 8.34. The second kappa shape index (κ2) is 9.45. The summed E-state index contributed by atoms with van der Waals surface area (Å²) in [6.07, 6.45) is 4.64. The highest BCUT2D eigenvalue weighted by Gasteiger charge is 2.28. The highest BCUT2D eigenvalue weighted by Crippen LogP contribution is 2.28. The van der Waals surface area contributed by atoms with Crippen molar-refractivity contribution in [1.82, 2.24) is 14.7 Å². The Kier molecular flexibility index (Phi) is 6.49. The van der Waals surface area contributed by atoms with Crippen LogP contribution in [0.4, 0.5) is 0 Å². The fourth-order valence-corrected chi connectivity index (χ4v) is 4.14. The van der Waals surface area contributed by atoms with E-state index in [9.17, 15) is 9.90 Å². The quantitative estimate of drug-likeness (QED) is 0.561. The number of nitrogens with zero attached hydrogens (tertiary/aromatic N) is 3. The lowest BCUT2D eigenvalue weighted by Gasteiger charge is -2.22. The average Bonchev–Trinajstić information content (AvgIpc) is 3.37. The van der Waals surface area contributed by atoms with Crippen LogP contribution in [-0.4, -0.2) is 45.3 Å². The van der Waals surface area contributed by atoms with Crippen LogP contribution in [0.2, 0.25) is 0 Å². The summed E-state index contributed by atoms with van der Waals surface area (Å²) in [6, 6.07) is 16.0. The van der Waals surface area contributed by atoms with E-state index in [0.29, 0.717) is 17.9 Å². The van der Waals surface area contributed by atoms with Crippen molar-refractivity contribution in [3.05, 3.63) is 77.1 Å². The van der Waals surface area contributed by atoms with Crippen LogP contribution < -0.4 is 4.74 Å². The zero-order chi connectivity index (χ0) is 21.8. The zero-order valence-electron chi connectivity index (χ0n) is 18.1. The largest absolute Gasteiger partial charge is 0.487 e. The predicted octanol–water partition coefficient (Wildman–Crippen LogP) is 3.92. The number of aryl methyl sites for hydroxylation is 1. The number of carbonyl (C=O) groups excluding carboxylic acids is 1. The van der Waals surface area contributed by atoms with Crippen LogP contribution in [0.25, 0.3) is 5.69 Å². The molecule has 1 aliphatic carbocycles. The molecule has 2 aromatic carbocycles. The predicted molar refractivity (Wildman–Crippen MR) is 120 cm³/mol. The molecule has 1 fully saturated rings. The first-order valence-corrected chi connectivity index (χ1v) is 10.8. The minimum Gasteiger partial charge on any atom is -0.487 e. The van der Waals surface area contributed by atoms with Crippen LogP contribution in [-0.2, 0) is 13.1 Å². The van der Waals surface area contributed by atoms with E-state index in [1.54, 1.807) is 0 Å². The third-order valence-corrected chi connectivity index (χ3v) is 5.79. The monoisotopic (exact) mass is 419 g/mol. The Hall–Kier alpha value is -2.96. The summed E-state index contributed by atoms with van der Waals surface area (Å²) < 4.78 is 7.87. The molecule has 2 atom stereocenters.